The van der Waals surface area contributed by atoms with Crippen molar-refractivity contribution in [1.82, 2.24) is 35.4 Å². The Morgan fingerprint density at radius 1 is 0.844 bits per heavy atom. The minimum absolute atomic E-state index is 0.135. The van der Waals surface area contributed by atoms with Gasteiger partial charge >= 0.3 is 0 Å². The molecular weight excluding hydrogens is 560 g/mol. The molecule has 9 nitrogen and oxygen atoms in total. The topological polar surface area (TPSA) is 129 Å². The fourth-order valence-electron chi connectivity index (χ4n) is 6.63. The molecule has 0 radical (unpaired) electrons. The van der Waals surface area contributed by atoms with Crippen molar-refractivity contribution in [2.45, 2.75) is 56.7 Å². The lowest BCUT2D eigenvalue weighted by Gasteiger charge is -2.34. The normalized spacial score (nSPS) is 15.4. The summed E-state index contributed by atoms with van der Waals surface area (Å²) in [4.78, 5) is 20.6. The van der Waals surface area contributed by atoms with Crippen LogP contribution in [0.2, 0.25) is 0 Å². The molecule has 6 aromatic rings. The van der Waals surface area contributed by atoms with Crippen LogP contribution in [0.1, 0.15) is 53.6 Å². The van der Waals surface area contributed by atoms with Crippen LogP contribution in [0.3, 0.4) is 0 Å². The van der Waals surface area contributed by atoms with Crippen LogP contribution in [0, 0.1) is 0 Å². The second-order valence-electron chi connectivity index (χ2n) is 12.3. The molecule has 9 heteroatoms. The lowest BCUT2D eigenvalue weighted by Crippen LogP contribution is -2.59. The molecule has 4 heterocycles. The molecule has 0 bridgehead atoms. The molecule has 3 aromatic carbocycles. The number of aryl methyl sites for hydroxylation is 2. The van der Waals surface area contributed by atoms with Gasteiger partial charge in [-0.25, -0.2) is 0 Å². The van der Waals surface area contributed by atoms with E-state index in [1.807, 2.05) is 24.4 Å². The number of H-pyrrole nitrogens is 2. The summed E-state index contributed by atoms with van der Waals surface area (Å²) >= 11 is 0. The lowest BCUT2D eigenvalue weighted by molar-refractivity contribution is -0.128. The van der Waals surface area contributed by atoms with E-state index in [2.05, 4.69) is 92.0 Å². The number of fused-ring (bicyclic) bond motifs is 2. The molecule has 0 saturated carbocycles. The van der Waals surface area contributed by atoms with Crippen molar-refractivity contribution < 1.29 is 4.79 Å². The van der Waals surface area contributed by atoms with Crippen LogP contribution in [-0.4, -0.2) is 49.3 Å². The van der Waals surface area contributed by atoms with E-state index < -0.39 is 11.6 Å². The molecule has 1 amide bonds. The van der Waals surface area contributed by atoms with Gasteiger partial charge in [-0.3, -0.25) is 4.79 Å². The minimum atomic E-state index is -0.920. The van der Waals surface area contributed by atoms with Gasteiger partial charge in [0.15, 0.2) is 5.82 Å². The van der Waals surface area contributed by atoms with Crippen molar-refractivity contribution in [2.75, 3.05) is 13.1 Å². The van der Waals surface area contributed by atoms with Crippen molar-refractivity contribution in [3.8, 4) is 0 Å². The minimum Gasteiger partial charge on any atom is -0.361 e. The van der Waals surface area contributed by atoms with Gasteiger partial charge in [-0.1, -0.05) is 66.7 Å². The highest BCUT2D eigenvalue weighted by Gasteiger charge is 2.37. The number of aromatic amines is 2. The fourth-order valence-corrected chi connectivity index (χ4v) is 6.63. The van der Waals surface area contributed by atoms with Gasteiger partial charge in [0, 0.05) is 47.0 Å². The zero-order valence-electron chi connectivity index (χ0n) is 25.4. The Hall–Kier alpha value is -4.73. The van der Waals surface area contributed by atoms with Crippen molar-refractivity contribution >= 4 is 27.7 Å². The van der Waals surface area contributed by atoms with Gasteiger partial charge in [0.25, 0.3) is 0 Å². The predicted octanol–water partition coefficient (Wildman–Crippen LogP) is 4.95. The first-order valence-electron chi connectivity index (χ1n) is 15.9. The maximum atomic E-state index is 13.9. The summed E-state index contributed by atoms with van der Waals surface area (Å²) in [5.41, 5.74) is 11.6. The summed E-state index contributed by atoms with van der Waals surface area (Å²) in [5, 5.41) is 18.6. The third-order valence-corrected chi connectivity index (χ3v) is 9.22. The zero-order valence-corrected chi connectivity index (χ0v) is 25.4. The Morgan fingerprint density at radius 3 is 2.22 bits per heavy atom. The van der Waals surface area contributed by atoms with Gasteiger partial charge in [0.1, 0.15) is 5.82 Å². The van der Waals surface area contributed by atoms with Gasteiger partial charge < -0.3 is 30.9 Å². The molecule has 1 aliphatic heterocycles. The van der Waals surface area contributed by atoms with Gasteiger partial charge in [-0.2, -0.15) is 0 Å². The molecule has 0 unspecified atom stereocenters. The van der Waals surface area contributed by atoms with Gasteiger partial charge in [0.05, 0.1) is 18.1 Å². The number of rotatable bonds is 11. The molecular formula is C36H40N8O. The number of benzene rings is 3. The second-order valence-corrected chi connectivity index (χ2v) is 12.3. The van der Waals surface area contributed by atoms with Crippen LogP contribution < -0.4 is 16.4 Å². The number of piperidine rings is 1. The van der Waals surface area contributed by atoms with E-state index >= 15 is 0 Å². The molecule has 0 aliphatic carbocycles. The van der Waals surface area contributed by atoms with Gasteiger partial charge in [0.2, 0.25) is 5.91 Å². The predicted molar refractivity (Wildman–Crippen MR) is 178 cm³/mol. The number of hydrogen-bond acceptors (Lipinski definition) is 5. The van der Waals surface area contributed by atoms with E-state index in [-0.39, 0.29) is 5.91 Å². The van der Waals surface area contributed by atoms with Gasteiger partial charge in [-0.15, -0.1) is 10.2 Å². The second kappa shape index (κ2) is 12.7. The van der Waals surface area contributed by atoms with Crippen LogP contribution in [-0.2, 0) is 30.6 Å². The molecule has 7 rings (SSSR count). The smallest absolute Gasteiger partial charge is 0.240 e. The SMILES string of the molecule is NC1(C(=O)N[C@H](Cc2c[nH]c3ccccc23)c2nnc(CCCc3c[nH]c4ccccc34)n2Cc2ccccc2)CCNCC1. The molecule has 6 N–H and O–H groups in total. The highest BCUT2D eigenvalue weighted by Crippen LogP contribution is 2.27. The molecule has 3 aromatic heterocycles. The third-order valence-electron chi connectivity index (χ3n) is 9.22. The number of nitrogens with one attached hydrogen (secondary N) is 4. The molecule has 1 fully saturated rings. The number of amides is 1. The maximum Gasteiger partial charge on any atom is 0.240 e. The summed E-state index contributed by atoms with van der Waals surface area (Å²) in [6, 6.07) is 26.6. The number of carbonyl (C=O) groups is 1. The standard InChI is InChI=1S/C36H40N8O/c37-36(17-19-38-20-18-36)35(45)41-32(21-27-23-40-31-15-7-5-13-29(27)31)34-43-42-33(44(34)24-25-9-2-1-3-10-25)16-8-11-26-22-39-30-14-6-4-12-28(26)30/h1-7,9-10,12-15,22-23,32,38-40H,8,11,16-21,24,37H2,(H,41,45)/t32-/m1/s1. The molecule has 1 saturated heterocycles. The Labute approximate surface area is 262 Å². The number of aromatic nitrogens is 5. The molecule has 45 heavy (non-hydrogen) atoms. The van der Waals surface area contributed by atoms with E-state index in [0.29, 0.717) is 25.8 Å². The third kappa shape index (κ3) is 6.14. The van der Waals surface area contributed by atoms with Crippen LogP contribution in [0.5, 0.6) is 0 Å². The Balaban J connectivity index is 1.21. The Kier molecular flexibility index (Phi) is 8.19. The highest BCUT2D eigenvalue weighted by molar-refractivity contribution is 5.87. The number of carbonyl (C=O) groups excluding carboxylic acids is 1. The molecule has 230 valence electrons. The summed E-state index contributed by atoms with van der Waals surface area (Å²) in [6.07, 6.45) is 8.51. The van der Waals surface area contributed by atoms with Crippen molar-refractivity contribution in [3.05, 3.63) is 120 Å². The quantitative estimate of drug-likeness (QED) is 0.144. The Bertz CT molecular complexity index is 1900. The van der Waals surface area contributed by atoms with Crippen molar-refractivity contribution in [3.63, 3.8) is 0 Å². The zero-order chi connectivity index (χ0) is 30.6. The van der Waals surface area contributed by atoms with E-state index in [1.54, 1.807) is 0 Å². The molecule has 1 aliphatic rings. The van der Waals surface area contributed by atoms with E-state index in [4.69, 9.17) is 15.9 Å². The van der Waals surface area contributed by atoms with Crippen molar-refractivity contribution in [2.24, 2.45) is 5.73 Å². The lowest BCUT2D eigenvalue weighted by atomic mass is 9.88. The van der Waals surface area contributed by atoms with Crippen LogP contribution in [0.4, 0.5) is 0 Å². The van der Waals surface area contributed by atoms with E-state index in [9.17, 15) is 4.79 Å². The van der Waals surface area contributed by atoms with Crippen LogP contribution >= 0.6 is 0 Å². The highest BCUT2D eigenvalue weighted by atomic mass is 16.2. The summed E-state index contributed by atoms with van der Waals surface area (Å²) in [7, 11) is 0. The average molecular weight is 601 g/mol. The van der Waals surface area contributed by atoms with E-state index in [0.717, 1.165) is 71.5 Å². The first-order valence-corrected chi connectivity index (χ1v) is 15.9. The fraction of sp³-hybridized carbons (Fsp3) is 0.306. The first kappa shape index (κ1) is 29.0. The van der Waals surface area contributed by atoms with Crippen LogP contribution in [0.15, 0.2) is 91.3 Å². The monoisotopic (exact) mass is 600 g/mol. The summed E-state index contributed by atoms with van der Waals surface area (Å²) < 4.78 is 2.20. The summed E-state index contributed by atoms with van der Waals surface area (Å²) in [5.74, 6) is 1.53. The first-order chi connectivity index (χ1) is 22.1. The molecule has 1 atom stereocenters. The van der Waals surface area contributed by atoms with Crippen LogP contribution in [0.25, 0.3) is 21.8 Å². The summed E-state index contributed by atoms with van der Waals surface area (Å²) in [6.45, 7) is 2.06. The molecule has 0 spiro atoms. The Morgan fingerprint density at radius 2 is 1.49 bits per heavy atom. The number of hydrogen-bond donors (Lipinski definition) is 5. The average Bonchev–Trinajstić information content (AvgIpc) is 3.79. The van der Waals surface area contributed by atoms with E-state index in [1.165, 1.54) is 10.9 Å². The largest absolute Gasteiger partial charge is 0.361 e. The maximum absolute atomic E-state index is 13.9. The number of para-hydroxylation sites is 2. The van der Waals surface area contributed by atoms with Gasteiger partial charge in [-0.05, 0) is 67.6 Å². The van der Waals surface area contributed by atoms with Crippen molar-refractivity contribution in [1.29, 1.82) is 0 Å². The number of nitrogens with zero attached hydrogens (tertiary/aromatic N) is 3. The number of nitrogens with two attached hydrogens (primary N) is 1.